The van der Waals surface area contributed by atoms with Gasteiger partial charge in [-0.1, -0.05) is 36.8 Å². The maximum absolute atomic E-state index is 12.6. The van der Waals surface area contributed by atoms with Crippen molar-refractivity contribution in [3.05, 3.63) is 35.9 Å². The topological polar surface area (TPSA) is 23.6 Å². The Hall–Kier alpha value is -1.35. The molecule has 1 aliphatic heterocycles. The largest absolute Gasteiger partial charge is 0.345 e. The Bertz CT molecular complexity index is 573. The van der Waals surface area contributed by atoms with E-state index >= 15 is 0 Å². The Morgan fingerprint density at radius 3 is 2.50 bits per heavy atom. The van der Waals surface area contributed by atoms with Gasteiger partial charge in [0.05, 0.1) is 0 Å². The molecule has 130 valence electrons. The molecule has 0 radical (unpaired) electrons. The van der Waals surface area contributed by atoms with Crippen LogP contribution >= 0.6 is 0 Å². The van der Waals surface area contributed by atoms with Gasteiger partial charge in [-0.2, -0.15) is 0 Å². The number of rotatable bonds is 5. The van der Waals surface area contributed by atoms with Gasteiger partial charge < -0.3 is 4.90 Å². The first kappa shape index (κ1) is 16.1. The minimum Gasteiger partial charge on any atom is -0.345 e. The van der Waals surface area contributed by atoms with Crippen molar-refractivity contribution in [1.29, 1.82) is 0 Å². The van der Waals surface area contributed by atoms with Crippen molar-refractivity contribution in [2.75, 3.05) is 26.7 Å². The number of amides is 1. The predicted molar refractivity (Wildman–Crippen MR) is 96.5 cm³/mol. The highest BCUT2D eigenvalue weighted by atomic mass is 16.2. The fraction of sp³-hybridized carbons (Fsp3) is 0.667. The molecular weight excluding hydrogens is 296 g/mol. The van der Waals surface area contributed by atoms with E-state index in [4.69, 9.17) is 0 Å². The number of benzene rings is 1. The molecule has 24 heavy (non-hydrogen) atoms. The van der Waals surface area contributed by atoms with E-state index in [0.717, 1.165) is 26.2 Å². The Kier molecular flexibility index (Phi) is 4.38. The van der Waals surface area contributed by atoms with Crippen LogP contribution in [0.3, 0.4) is 0 Å². The second-order valence-corrected chi connectivity index (χ2v) is 8.40. The lowest BCUT2D eigenvalue weighted by atomic mass is 9.79. The molecular formula is C21H30N2O. The number of hydrogen-bond donors (Lipinski definition) is 0. The van der Waals surface area contributed by atoms with E-state index < -0.39 is 0 Å². The van der Waals surface area contributed by atoms with Crippen molar-refractivity contribution in [2.45, 2.75) is 45.1 Å². The highest BCUT2D eigenvalue weighted by Gasteiger charge is 2.61. The summed E-state index contributed by atoms with van der Waals surface area (Å²) in [5, 5.41) is 0. The molecule has 0 N–H and O–H groups in total. The van der Waals surface area contributed by atoms with Crippen LogP contribution in [0.15, 0.2) is 30.3 Å². The fourth-order valence-electron chi connectivity index (χ4n) is 4.79. The molecule has 2 aliphatic carbocycles. The summed E-state index contributed by atoms with van der Waals surface area (Å²) in [6, 6.07) is 10.7. The molecule has 0 bridgehead atoms. The van der Waals surface area contributed by atoms with Crippen molar-refractivity contribution in [3.8, 4) is 0 Å². The Morgan fingerprint density at radius 1 is 1.21 bits per heavy atom. The SMILES string of the molecule is CN(CC1CCN(Cc2ccccc2)CC1)C(=O)C1CC12CCC2. The smallest absolute Gasteiger partial charge is 0.226 e. The molecule has 3 fully saturated rings. The number of carbonyl (C=O) groups excluding carboxylic acids is 1. The molecule has 3 nitrogen and oxygen atoms in total. The number of carbonyl (C=O) groups is 1. The van der Waals surface area contributed by atoms with Crippen LogP contribution in [0.5, 0.6) is 0 Å². The van der Waals surface area contributed by atoms with Crippen LogP contribution in [-0.2, 0) is 11.3 Å². The predicted octanol–water partition coefficient (Wildman–Crippen LogP) is 3.55. The maximum atomic E-state index is 12.6. The van der Waals surface area contributed by atoms with Gasteiger partial charge in [0.25, 0.3) is 0 Å². The monoisotopic (exact) mass is 326 g/mol. The quantitative estimate of drug-likeness (QED) is 0.826. The van der Waals surface area contributed by atoms with Gasteiger partial charge in [0.1, 0.15) is 0 Å². The van der Waals surface area contributed by atoms with Crippen molar-refractivity contribution in [2.24, 2.45) is 17.3 Å². The van der Waals surface area contributed by atoms with Gasteiger partial charge in [0, 0.05) is 26.1 Å². The first-order chi connectivity index (χ1) is 11.7. The standard InChI is InChI=1S/C21H30N2O/c1-22(20(24)19-14-21(19)10-5-11-21)15-18-8-12-23(13-9-18)16-17-6-3-2-4-7-17/h2-4,6-7,18-19H,5,8-16H2,1H3. The minimum absolute atomic E-state index is 0.370. The summed E-state index contributed by atoms with van der Waals surface area (Å²) in [7, 11) is 2.03. The van der Waals surface area contributed by atoms with Crippen LogP contribution in [0.4, 0.5) is 0 Å². The highest BCUT2D eigenvalue weighted by Crippen LogP contribution is 2.65. The maximum Gasteiger partial charge on any atom is 0.226 e. The second kappa shape index (κ2) is 6.51. The van der Waals surface area contributed by atoms with E-state index in [1.54, 1.807) is 0 Å². The molecule has 1 heterocycles. The van der Waals surface area contributed by atoms with E-state index in [-0.39, 0.29) is 0 Å². The second-order valence-electron chi connectivity index (χ2n) is 8.40. The third kappa shape index (κ3) is 3.23. The molecule has 1 aromatic rings. The fourth-order valence-corrected chi connectivity index (χ4v) is 4.79. The Balaban J connectivity index is 1.21. The van der Waals surface area contributed by atoms with Crippen LogP contribution in [0.25, 0.3) is 0 Å². The lowest BCUT2D eigenvalue weighted by Crippen LogP contribution is -2.40. The molecule has 1 atom stereocenters. The van der Waals surface area contributed by atoms with E-state index in [9.17, 15) is 4.79 Å². The normalized spacial score (nSPS) is 26.1. The summed E-state index contributed by atoms with van der Waals surface area (Å²) >= 11 is 0. The third-order valence-electron chi connectivity index (χ3n) is 6.70. The van der Waals surface area contributed by atoms with Gasteiger partial charge in [0.2, 0.25) is 5.91 Å². The summed E-state index contributed by atoms with van der Waals surface area (Å²) in [6.07, 6.45) is 7.56. The molecule has 1 unspecified atom stereocenters. The van der Waals surface area contributed by atoms with Gasteiger partial charge in [-0.15, -0.1) is 0 Å². The van der Waals surface area contributed by atoms with Gasteiger partial charge >= 0.3 is 0 Å². The molecule has 3 heteroatoms. The molecule has 1 spiro atoms. The minimum atomic E-state index is 0.370. The zero-order valence-electron chi connectivity index (χ0n) is 14.9. The number of nitrogens with zero attached hydrogens (tertiary/aromatic N) is 2. The van der Waals surface area contributed by atoms with E-state index in [2.05, 4.69) is 40.1 Å². The average molecular weight is 326 g/mol. The zero-order chi connectivity index (χ0) is 16.6. The summed E-state index contributed by atoms with van der Waals surface area (Å²) in [5.41, 5.74) is 1.87. The van der Waals surface area contributed by atoms with Crippen molar-refractivity contribution in [3.63, 3.8) is 0 Å². The van der Waals surface area contributed by atoms with Gasteiger partial charge in [-0.05, 0) is 62.1 Å². The first-order valence-electron chi connectivity index (χ1n) is 9.68. The summed E-state index contributed by atoms with van der Waals surface area (Å²) in [5.74, 6) is 1.48. The molecule has 1 saturated heterocycles. The average Bonchev–Trinajstić information content (AvgIpc) is 3.33. The summed E-state index contributed by atoms with van der Waals surface area (Å²) < 4.78 is 0. The molecule has 2 saturated carbocycles. The van der Waals surface area contributed by atoms with Crippen molar-refractivity contribution in [1.82, 2.24) is 9.80 Å². The van der Waals surface area contributed by atoms with Crippen LogP contribution in [0.2, 0.25) is 0 Å². The van der Waals surface area contributed by atoms with E-state index in [0.29, 0.717) is 23.2 Å². The lowest BCUT2D eigenvalue weighted by molar-refractivity contribution is -0.133. The van der Waals surface area contributed by atoms with Gasteiger partial charge in [-0.3, -0.25) is 9.69 Å². The van der Waals surface area contributed by atoms with E-state index in [1.807, 2.05) is 7.05 Å². The zero-order valence-corrected chi connectivity index (χ0v) is 14.9. The van der Waals surface area contributed by atoms with Crippen molar-refractivity contribution < 1.29 is 4.79 Å². The Labute approximate surface area is 146 Å². The highest BCUT2D eigenvalue weighted by molar-refractivity contribution is 5.82. The first-order valence-corrected chi connectivity index (χ1v) is 9.68. The number of likely N-dealkylation sites (tertiary alicyclic amines) is 1. The van der Waals surface area contributed by atoms with Crippen LogP contribution in [0.1, 0.15) is 44.1 Å². The van der Waals surface area contributed by atoms with E-state index in [1.165, 1.54) is 44.1 Å². The van der Waals surface area contributed by atoms with Crippen LogP contribution in [-0.4, -0.2) is 42.4 Å². The molecule has 3 aliphatic rings. The van der Waals surface area contributed by atoms with Gasteiger partial charge in [0.15, 0.2) is 0 Å². The van der Waals surface area contributed by atoms with Crippen LogP contribution < -0.4 is 0 Å². The van der Waals surface area contributed by atoms with Crippen LogP contribution in [0, 0.1) is 17.3 Å². The summed E-state index contributed by atoms with van der Waals surface area (Å²) in [4.78, 5) is 17.2. The molecule has 4 rings (SSSR count). The molecule has 0 aromatic heterocycles. The summed E-state index contributed by atoms with van der Waals surface area (Å²) in [6.45, 7) is 4.35. The van der Waals surface area contributed by atoms with Crippen molar-refractivity contribution >= 4 is 5.91 Å². The number of piperidine rings is 1. The lowest BCUT2D eigenvalue weighted by Gasteiger charge is -2.34. The molecule has 1 aromatic carbocycles. The third-order valence-corrected chi connectivity index (χ3v) is 6.70. The van der Waals surface area contributed by atoms with Gasteiger partial charge in [-0.25, -0.2) is 0 Å². The Morgan fingerprint density at radius 2 is 1.92 bits per heavy atom. The molecule has 1 amide bonds. The number of hydrogen-bond acceptors (Lipinski definition) is 2.